The molecule has 1 aliphatic carbocycles. The van der Waals surface area contributed by atoms with Crippen molar-refractivity contribution in [1.29, 1.82) is 0 Å². The number of aromatic nitrogens is 2. The Labute approximate surface area is 121 Å². The third-order valence-corrected chi connectivity index (χ3v) is 3.74. The molecular formula is C16H25N3O. The molecule has 1 heterocycles. The zero-order valence-electron chi connectivity index (χ0n) is 12.3. The van der Waals surface area contributed by atoms with Crippen molar-refractivity contribution >= 4 is 5.71 Å². The van der Waals surface area contributed by atoms with E-state index < -0.39 is 0 Å². The highest BCUT2D eigenvalue weighted by Crippen LogP contribution is 2.16. The SMILES string of the molecule is c1cnc(ON=C2CCCCCCCCCCC2)cn1. The lowest BCUT2D eigenvalue weighted by molar-refractivity contribution is 0.322. The Balaban J connectivity index is 1.84. The second-order valence-corrected chi connectivity index (χ2v) is 5.47. The smallest absolute Gasteiger partial charge is 0.267 e. The van der Waals surface area contributed by atoms with Gasteiger partial charge in [0, 0.05) is 12.4 Å². The third-order valence-electron chi connectivity index (χ3n) is 3.74. The highest BCUT2D eigenvalue weighted by atomic mass is 16.6. The minimum absolute atomic E-state index is 0.478. The van der Waals surface area contributed by atoms with E-state index in [-0.39, 0.29) is 0 Å². The number of oxime groups is 1. The Morgan fingerprint density at radius 2 is 1.40 bits per heavy atom. The van der Waals surface area contributed by atoms with Crippen LogP contribution in [0.3, 0.4) is 0 Å². The summed E-state index contributed by atoms with van der Waals surface area (Å²) < 4.78 is 0. The molecule has 1 aromatic rings. The summed E-state index contributed by atoms with van der Waals surface area (Å²) in [4.78, 5) is 13.4. The first-order chi connectivity index (χ1) is 9.95. The summed E-state index contributed by atoms with van der Waals surface area (Å²) >= 11 is 0. The lowest BCUT2D eigenvalue weighted by Crippen LogP contribution is -2.03. The number of rotatable bonds is 2. The molecule has 20 heavy (non-hydrogen) atoms. The summed E-state index contributed by atoms with van der Waals surface area (Å²) in [6.07, 6.45) is 18.9. The molecule has 0 saturated heterocycles. The van der Waals surface area contributed by atoms with Gasteiger partial charge in [0.25, 0.3) is 5.88 Å². The van der Waals surface area contributed by atoms with Gasteiger partial charge in [-0.05, 0) is 25.7 Å². The summed E-state index contributed by atoms with van der Waals surface area (Å²) in [5.74, 6) is 0.478. The van der Waals surface area contributed by atoms with Crippen LogP contribution in [0.4, 0.5) is 0 Å². The van der Waals surface area contributed by atoms with E-state index in [9.17, 15) is 0 Å². The quantitative estimate of drug-likeness (QED) is 0.746. The predicted molar refractivity (Wildman–Crippen MR) is 80.9 cm³/mol. The van der Waals surface area contributed by atoms with Crippen LogP contribution in [0.5, 0.6) is 5.88 Å². The molecular weight excluding hydrogens is 250 g/mol. The van der Waals surface area contributed by atoms with Gasteiger partial charge in [-0.2, -0.15) is 0 Å². The van der Waals surface area contributed by atoms with E-state index in [1.807, 2.05) is 0 Å². The normalized spacial score (nSPS) is 18.7. The van der Waals surface area contributed by atoms with Crippen molar-refractivity contribution in [2.45, 2.75) is 70.6 Å². The zero-order chi connectivity index (χ0) is 13.9. The van der Waals surface area contributed by atoms with Gasteiger partial charge in [-0.3, -0.25) is 4.98 Å². The summed E-state index contributed by atoms with van der Waals surface area (Å²) in [5, 5.41) is 4.30. The molecule has 4 nitrogen and oxygen atoms in total. The van der Waals surface area contributed by atoms with Crippen LogP contribution in [0.2, 0.25) is 0 Å². The van der Waals surface area contributed by atoms with Gasteiger partial charge in [-0.25, -0.2) is 4.98 Å². The van der Waals surface area contributed by atoms with Crippen molar-refractivity contribution in [2.24, 2.45) is 5.16 Å². The molecule has 0 radical (unpaired) electrons. The molecule has 4 heteroatoms. The van der Waals surface area contributed by atoms with Crippen LogP contribution in [0.15, 0.2) is 23.7 Å². The van der Waals surface area contributed by atoms with Crippen molar-refractivity contribution in [3.8, 4) is 5.88 Å². The fourth-order valence-corrected chi connectivity index (χ4v) is 2.56. The van der Waals surface area contributed by atoms with Crippen LogP contribution in [0.1, 0.15) is 70.6 Å². The zero-order valence-corrected chi connectivity index (χ0v) is 12.3. The molecule has 2 rings (SSSR count). The Morgan fingerprint density at radius 1 is 0.800 bits per heavy atom. The predicted octanol–water partition coefficient (Wildman–Crippen LogP) is 4.52. The molecule has 0 bridgehead atoms. The maximum absolute atomic E-state index is 5.38. The van der Waals surface area contributed by atoms with Crippen LogP contribution in [0, 0.1) is 0 Å². The van der Waals surface area contributed by atoms with Gasteiger partial charge in [0.15, 0.2) is 0 Å². The number of nitrogens with zero attached hydrogens (tertiary/aromatic N) is 3. The van der Waals surface area contributed by atoms with E-state index >= 15 is 0 Å². The summed E-state index contributed by atoms with van der Waals surface area (Å²) in [6.45, 7) is 0. The molecule has 0 atom stereocenters. The van der Waals surface area contributed by atoms with E-state index in [0.717, 1.165) is 12.8 Å². The second kappa shape index (κ2) is 9.45. The van der Waals surface area contributed by atoms with Gasteiger partial charge in [0.05, 0.1) is 11.9 Å². The number of hydrogen-bond donors (Lipinski definition) is 0. The number of hydrogen-bond acceptors (Lipinski definition) is 4. The van der Waals surface area contributed by atoms with Crippen LogP contribution in [-0.2, 0) is 0 Å². The lowest BCUT2D eigenvalue weighted by atomic mass is 10.00. The first-order valence-electron chi connectivity index (χ1n) is 7.94. The first-order valence-corrected chi connectivity index (χ1v) is 7.94. The molecule has 1 aliphatic rings. The van der Waals surface area contributed by atoms with Gasteiger partial charge in [-0.15, -0.1) is 0 Å². The Bertz CT molecular complexity index is 378. The molecule has 0 spiro atoms. The van der Waals surface area contributed by atoms with Crippen LogP contribution in [-0.4, -0.2) is 15.7 Å². The average molecular weight is 275 g/mol. The fraction of sp³-hybridized carbons (Fsp3) is 0.688. The van der Waals surface area contributed by atoms with Gasteiger partial charge < -0.3 is 4.84 Å². The lowest BCUT2D eigenvalue weighted by Gasteiger charge is -2.08. The van der Waals surface area contributed by atoms with E-state index in [1.54, 1.807) is 18.6 Å². The van der Waals surface area contributed by atoms with Gasteiger partial charge >= 0.3 is 0 Å². The largest absolute Gasteiger partial charge is 0.335 e. The van der Waals surface area contributed by atoms with Crippen molar-refractivity contribution in [3.63, 3.8) is 0 Å². The minimum Gasteiger partial charge on any atom is -0.335 e. The maximum atomic E-state index is 5.38. The van der Waals surface area contributed by atoms with Gasteiger partial charge in [0.2, 0.25) is 0 Å². The molecule has 110 valence electrons. The molecule has 1 aromatic heterocycles. The molecule has 1 fully saturated rings. The monoisotopic (exact) mass is 275 g/mol. The van der Waals surface area contributed by atoms with Crippen molar-refractivity contribution in [1.82, 2.24) is 9.97 Å². The highest BCUT2D eigenvalue weighted by Gasteiger charge is 2.04. The van der Waals surface area contributed by atoms with Gasteiger partial charge in [0.1, 0.15) is 0 Å². The summed E-state index contributed by atoms with van der Waals surface area (Å²) in [7, 11) is 0. The molecule has 0 unspecified atom stereocenters. The van der Waals surface area contributed by atoms with E-state index in [0.29, 0.717) is 5.88 Å². The minimum atomic E-state index is 0.478. The molecule has 0 aliphatic heterocycles. The Hall–Kier alpha value is -1.45. The van der Waals surface area contributed by atoms with E-state index in [1.165, 1.54) is 63.5 Å². The van der Waals surface area contributed by atoms with E-state index in [4.69, 9.17) is 4.84 Å². The van der Waals surface area contributed by atoms with Crippen molar-refractivity contribution < 1.29 is 4.84 Å². The fourth-order valence-electron chi connectivity index (χ4n) is 2.56. The van der Waals surface area contributed by atoms with Crippen LogP contribution < -0.4 is 4.84 Å². The molecule has 1 saturated carbocycles. The van der Waals surface area contributed by atoms with E-state index in [2.05, 4.69) is 15.1 Å². The summed E-state index contributed by atoms with van der Waals surface area (Å²) in [5.41, 5.74) is 1.18. The van der Waals surface area contributed by atoms with Crippen molar-refractivity contribution in [2.75, 3.05) is 0 Å². The maximum Gasteiger partial charge on any atom is 0.267 e. The molecule has 0 amide bonds. The summed E-state index contributed by atoms with van der Waals surface area (Å²) in [6, 6.07) is 0. The topological polar surface area (TPSA) is 47.4 Å². The average Bonchev–Trinajstić information content (AvgIpc) is 2.48. The molecule has 0 N–H and O–H groups in total. The standard InChI is InChI=1S/C16H25N3O/c1-2-4-6-8-10-15(11-9-7-5-3-1)19-20-16-14-17-12-13-18-16/h12-14H,1-11H2. The van der Waals surface area contributed by atoms with Crippen LogP contribution >= 0.6 is 0 Å². The Morgan fingerprint density at radius 3 is 1.95 bits per heavy atom. The van der Waals surface area contributed by atoms with Crippen LogP contribution in [0.25, 0.3) is 0 Å². The highest BCUT2D eigenvalue weighted by molar-refractivity contribution is 5.83. The first kappa shape index (κ1) is 14.9. The van der Waals surface area contributed by atoms with Gasteiger partial charge in [-0.1, -0.05) is 50.1 Å². The van der Waals surface area contributed by atoms with Crippen molar-refractivity contribution in [3.05, 3.63) is 18.6 Å². The molecule has 0 aromatic carbocycles. The third kappa shape index (κ3) is 6.13. The second-order valence-electron chi connectivity index (χ2n) is 5.47. The Kier molecular flexibility index (Phi) is 7.07.